The summed E-state index contributed by atoms with van der Waals surface area (Å²) in [5.74, 6) is 3.85. The Morgan fingerprint density at radius 2 is 0.661 bits per heavy atom. The van der Waals surface area contributed by atoms with Crippen LogP contribution in [0, 0.1) is 0 Å². The van der Waals surface area contributed by atoms with Gasteiger partial charge in [0, 0.05) is 60.3 Å². The molecule has 1 unspecified atom stereocenters. The van der Waals surface area contributed by atoms with Gasteiger partial charge in [0.05, 0.1) is 22.3 Å². The van der Waals surface area contributed by atoms with Crippen molar-refractivity contribution in [3.63, 3.8) is 0 Å². The van der Waals surface area contributed by atoms with Crippen LogP contribution in [0.1, 0.15) is 35.6 Å². The first-order chi connectivity index (χ1) is 55.5. The third-order valence-corrected chi connectivity index (χ3v) is 22.3. The molecule has 526 valence electrons. The summed E-state index contributed by atoms with van der Waals surface area (Å²) < 4.78 is 27.4. The lowest BCUT2D eigenvalue weighted by Crippen LogP contribution is -2.05. The predicted molar refractivity (Wildman–Crippen MR) is 453 cm³/mol. The van der Waals surface area contributed by atoms with Crippen LogP contribution in [0.2, 0.25) is 0 Å². The van der Waals surface area contributed by atoms with Crippen LogP contribution < -0.4 is 0 Å². The first-order valence-electron chi connectivity index (χ1n) is 38.0. The number of nitrogens with zero attached hydrogens (tertiary/aromatic N) is 6. The average Bonchev–Trinajstić information content (AvgIpc) is 1.49. The molecular formula is C102H64N6O4. The van der Waals surface area contributed by atoms with Gasteiger partial charge < -0.3 is 17.7 Å². The lowest BCUT2D eigenvalue weighted by Gasteiger charge is -2.19. The van der Waals surface area contributed by atoms with E-state index >= 15 is 0 Å². The Hall–Kier alpha value is -14.7. The summed E-state index contributed by atoms with van der Waals surface area (Å²) in [6.07, 6.45) is 15.7. The van der Waals surface area contributed by atoms with Gasteiger partial charge in [-0.2, -0.15) is 0 Å². The Kier molecular flexibility index (Phi) is 15.3. The third-order valence-electron chi connectivity index (χ3n) is 22.3. The highest BCUT2D eigenvalue weighted by Crippen LogP contribution is 2.47. The fourth-order valence-corrected chi connectivity index (χ4v) is 16.8. The predicted octanol–water partition coefficient (Wildman–Crippen LogP) is 27.1. The fourth-order valence-electron chi connectivity index (χ4n) is 16.8. The fraction of sp³-hybridized carbons (Fsp3) is 0.0392. The molecule has 2 aliphatic carbocycles. The molecule has 0 saturated heterocycles. The molecule has 112 heavy (non-hydrogen) atoms. The largest absolute Gasteiger partial charge is 0.456 e. The highest BCUT2D eigenvalue weighted by atomic mass is 16.3. The molecule has 0 spiro atoms. The average molecular weight is 1440 g/mol. The standard InChI is InChI=1S/C102H64N6O4/c1-4-24-61(25-5-1)62-48-50-63(51-49-62)67-52-54-73(64-26-6-2-7-27-64)86(57-67)100-106-99(84-43-23-40-81-77-36-14-18-46-91(77)111-95(81)84)107-102(108-100)88-60-70(59-85-78-37-15-19-47-92(78)112-96(85)88)66-30-20-31-68(56-66)71-32-10-11-33-72(71)69-53-55-74(65-28-8-3-9-29-65)87(58-69)101-104-97(82-41-21-38-79-75-34-12-16-44-89(75)109-93(79)82)103-98(105-101)83-42-22-39-80-76-35-13-17-45-90(76)110-94(80)83/h1-12,14-26,28-34,36-60,64H,13,27,35H2. The smallest absolute Gasteiger partial charge is 0.167 e. The monoisotopic (exact) mass is 1440 g/mol. The van der Waals surface area contributed by atoms with E-state index in [2.05, 4.69) is 285 Å². The molecule has 10 nitrogen and oxygen atoms in total. The van der Waals surface area contributed by atoms with Crippen LogP contribution in [0.5, 0.6) is 0 Å². The summed E-state index contributed by atoms with van der Waals surface area (Å²) in [7, 11) is 0. The number of aromatic nitrogens is 6. The van der Waals surface area contributed by atoms with Gasteiger partial charge in [0.25, 0.3) is 0 Å². The van der Waals surface area contributed by atoms with Crippen LogP contribution in [0.3, 0.4) is 0 Å². The maximum absolute atomic E-state index is 7.06. The third kappa shape index (κ3) is 11.1. The Balaban J connectivity index is 0.712. The van der Waals surface area contributed by atoms with Gasteiger partial charge in [-0.3, -0.25) is 0 Å². The SMILES string of the molecule is C1=CCC(c2ccc(-c3ccc(-c4ccccc4)cc3)cc2-c2nc(-c3cccc4c3oc3ccccc34)nc(-c3cc(-c4cccc(-c5ccccc5-c5ccc(-c6ccccc6)c(-c6nc(-c7cccc8c9c(oc78)C=CCC9)nc(-c7cccc8c7oc7ccccc78)n6)c5)c4)cc4c3oc3ccccc34)n2)C=C1. The zero-order valence-electron chi connectivity index (χ0n) is 60.4. The van der Waals surface area contributed by atoms with Gasteiger partial charge in [-0.25, -0.2) is 29.9 Å². The van der Waals surface area contributed by atoms with E-state index in [1.807, 2.05) is 60.7 Å². The van der Waals surface area contributed by atoms with Crippen molar-refractivity contribution < 1.29 is 17.7 Å². The van der Waals surface area contributed by atoms with E-state index in [-0.39, 0.29) is 5.92 Å². The Labute approximate surface area is 643 Å². The van der Waals surface area contributed by atoms with Crippen molar-refractivity contribution in [2.75, 3.05) is 0 Å². The van der Waals surface area contributed by atoms with Crippen molar-refractivity contribution in [1.82, 2.24) is 29.9 Å². The molecule has 20 aromatic rings. The highest BCUT2D eigenvalue weighted by Gasteiger charge is 2.28. The number of hydrogen-bond acceptors (Lipinski definition) is 10. The summed E-state index contributed by atoms with van der Waals surface area (Å²) in [5, 5.41) is 6.95. The number of furan rings is 4. The van der Waals surface area contributed by atoms with Gasteiger partial charge in [-0.15, -0.1) is 0 Å². The minimum atomic E-state index is 0.0569. The van der Waals surface area contributed by atoms with Gasteiger partial charge in [0.1, 0.15) is 44.8 Å². The maximum atomic E-state index is 7.06. The van der Waals surface area contributed by atoms with Crippen molar-refractivity contribution in [3.05, 3.63) is 357 Å². The number of allylic oxidation sites excluding steroid dienone is 5. The summed E-state index contributed by atoms with van der Waals surface area (Å²) in [6, 6.07) is 108. The molecule has 10 heteroatoms. The van der Waals surface area contributed by atoms with Crippen LogP contribution in [0.15, 0.2) is 357 Å². The molecule has 0 bridgehead atoms. The molecule has 6 aromatic heterocycles. The molecule has 2 aliphatic rings. The van der Waals surface area contributed by atoms with Gasteiger partial charge in [0.2, 0.25) is 0 Å². The van der Waals surface area contributed by atoms with Crippen molar-refractivity contribution in [1.29, 1.82) is 0 Å². The Morgan fingerprint density at radius 1 is 0.250 bits per heavy atom. The van der Waals surface area contributed by atoms with Gasteiger partial charge in [0.15, 0.2) is 34.9 Å². The summed E-state index contributed by atoms with van der Waals surface area (Å²) in [4.78, 5) is 33.4. The van der Waals surface area contributed by atoms with E-state index in [1.165, 1.54) is 5.56 Å². The van der Waals surface area contributed by atoms with Crippen LogP contribution in [-0.4, -0.2) is 29.9 Å². The molecule has 14 aromatic carbocycles. The second-order valence-corrected chi connectivity index (χ2v) is 28.9. The first-order valence-corrected chi connectivity index (χ1v) is 38.0. The van der Waals surface area contributed by atoms with Gasteiger partial charge in [-0.1, -0.05) is 273 Å². The number of hydrogen-bond donors (Lipinski definition) is 0. The summed E-state index contributed by atoms with van der Waals surface area (Å²) >= 11 is 0. The minimum Gasteiger partial charge on any atom is -0.456 e. The van der Waals surface area contributed by atoms with Crippen LogP contribution >= 0.6 is 0 Å². The number of fused-ring (bicyclic) bond motifs is 12. The molecule has 0 saturated carbocycles. The second kappa shape index (κ2) is 26.6. The zero-order chi connectivity index (χ0) is 73.7. The first kappa shape index (κ1) is 64.4. The lowest BCUT2D eigenvalue weighted by atomic mass is 9.87. The van der Waals surface area contributed by atoms with E-state index < -0.39 is 0 Å². The molecule has 0 fully saturated rings. The normalized spacial score (nSPS) is 13.4. The second-order valence-electron chi connectivity index (χ2n) is 28.9. The summed E-state index contributed by atoms with van der Waals surface area (Å²) in [5.41, 5.74) is 24.6. The molecule has 0 aliphatic heterocycles. The molecule has 22 rings (SSSR count). The maximum Gasteiger partial charge on any atom is 0.167 e. The van der Waals surface area contributed by atoms with Crippen molar-refractivity contribution in [2.24, 2.45) is 0 Å². The minimum absolute atomic E-state index is 0.0569. The van der Waals surface area contributed by atoms with Crippen molar-refractivity contribution >= 4 is 82.9 Å². The molecule has 6 heterocycles. The van der Waals surface area contributed by atoms with Crippen molar-refractivity contribution in [2.45, 2.75) is 25.2 Å². The highest BCUT2D eigenvalue weighted by molar-refractivity contribution is 6.13. The Morgan fingerprint density at radius 3 is 1.28 bits per heavy atom. The number of benzene rings is 14. The van der Waals surface area contributed by atoms with E-state index in [9.17, 15) is 0 Å². The lowest BCUT2D eigenvalue weighted by molar-refractivity contribution is 0.596. The van der Waals surface area contributed by atoms with Gasteiger partial charge in [-0.05, 0) is 164 Å². The molecule has 0 amide bonds. The van der Waals surface area contributed by atoms with E-state index in [0.29, 0.717) is 57.3 Å². The van der Waals surface area contributed by atoms with E-state index in [1.54, 1.807) is 0 Å². The van der Waals surface area contributed by atoms with Crippen LogP contribution in [0.25, 0.3) is 218 Å². The van der Waals surface area contributed by atoms with E-state index in [4.69, 9.17) is 47.6 Å². The molecular weight excluding hydrogens is 1370 g/mol. The zero-order valence-corrected chi connectivity index (χ0v) is 60.4. The summed E-state index contributed by atoms with van der Waals surface area (Å²) in [6.45, 7) is 0. The van der Waals surface area contributed by atoms with Crippen molar-refractivity contribution in [3.8, 4) is 135 Å². The number of aryl methyl sites for hydroxylation is 1. The number of para-hydroxylation sites is 6. The Bertz CT molecular complexity index is 7300. The number of rotatable bonds is 13. The molecule has 0 radical (unpaired) electrons. The van der Waals surface area contributed by atoms with Crippen LogP contribution in [-0.2, 0) is 6.42 Å². The quantitative estimate of drug-likeness (QED) is 0.110. The van der Waals surface area contributed by atoms with Gasteiger partial charge >= 0.3 is 0 Å². The molecule has 0 N–H and O–H groups in total. The van der Waals surface area contributed by atoms with Crippen LogP contribution in [0.4, 0.5) is 0 Å². The molecule has 1 atom stereocenters. The van der Waals surface area contributed by atoms with E-state index in [0.717, 1.165) is 185 Å². The topological polar surface area (TPSA) is 130 Å².